The van der Waals surface area contributed by atoms with Crippen LogP contribution in [0.15, 0.2) is 58.5 Å². The Hall–Kier alpha value is -1.64. The minimum Gasteiger partial charge on any atom is -0.288 e. The van der Waals surface area contributed by atoms with Gasteiger partial charge in [-0.05, 0) is 49.9 Å². The summed E-state index contributed by atoms with van der Waals surface area (Å²) in [5.74, 6) is 0. The molecule has 0 aliphatic heterocycles. The predicted molar refractivity (Wildman–Crippen MR) is 106 cm³/mol. The van der Waals surface area contributed by atoms with Crippen molar-refractivity contribution in [2.24, 2.45) is 9.98 Å². The third kappa shape index (κ3) is 5.77. The van der Waals surface area contributed by atoms with Gasteiger partial charge in [-0.2, -0.15) is 0 Å². The molecule has 0 fully saturated rings. The van der Waals surface area contributed by atoms with E-state index in [1.165, 1.54) is 0 Å². The van der Waals surface area contributed by atoms with Gasteiger partial charge in [0, 0.05) is 23.1 Å². The van der Waals surface area contributed by atoms with Crippen molar-refractivity contribution >= 4 is 34.6 Å². The molecular formula is C20H22Cl2N2. The van der Waals surface area contributed by atoms with Crippen molar-refractivity contribution in [3.05, 3.63) is 69.7 Å². The average Bonchev–Trinajstić information content (AvgIpc) is 2.58. The quantitative estimate of drug-likeness (QED) is 0.565. The van der Waals surface area contributed by atoms with E-state index in [1.807, 2.05) is 62.4 Å². The van der Waals surface area contributed by atoms with Crippen LogP contribution in [0.25, 0.3) is 0 Å². The summed E-state index contributed by atoms with van der Waals surface area (Å²) < 4.78 is 0. The summed E-state index contributed by atoms with van der Waals surface area (Å²) in [6.45, 7) is 5.43. The maximum absolute atomic E-state index is 6.16. The molecule has 126 valence electrons. The van der Waals surface area contributed by atoms with Gasteiger partial charge in [0.15, 0.2) is 0 Å². The summed E-state index contributed by atoms with van der Waals surface area (Å²) in [5, 5.41) is 1.60. The highest BCUT2D eigenvalue weighted by molar-refractivity contribution is 6.40. The SMILES string of the molecule is CC(=NCCc1ccccc1Cl)C(C)=NCCc1ccccc1Cl. The Labute approximate surface area is 154 Å². The van der Waals surface area contributed by atoms with Gasteiger partial charge < -0.3 is 0 Å². The van der Waals surface area contributed by atoms with E-state index in [4.69, 9.17) is 23.2 Å². The monoisotopic (exact) mass is 360 g/mol. The van der Waals surface area contributed by atoms with E-state index in [0.717, 1.165) is 45.4 Å². The first-order chi connectivity index (χ1) is 11.6. The molecule has 2 nitrogen and oxygen atoms in total. The lowest BCUT2D eigenvalue weighted by Crippen LogP contribution is -2.09. The summed E-state index contributed by atoms with van der Waals surface area (Å²) in [4.78, 5) is 9.21. The smallest absolute Gasteiger partial charge is 0.0524 e. The largest absolute Gasteiger partial charge is 0.288 e. The summed E-state index contributed by atoms with van der Waals surface area (Å²) in [6, 6.07) is 15.8. The summed E-state index contributed by atoms with van der Waals surface area (Å²) in [6.07, 6.45) is 1.67. The van der Waals surface area contributed by atoms with Gasteiger partial charge in [-0.15, -0.1) is 0 Å². The van der Waals surface area contributed by atoms with Crippen LogP contribution in [-0.2, 0) is 12.8 Å². The van der Waals surface area contributed by atoms with Crippen LogP contribution >= 0.6 is 23.2 Å². The number of hydrogen-bond acceptors (Lipinski definition) is 2. The molecule has 0 aliphatic carbocycles. The Morgan fingerprint density at radius 3 is 1.46 bits per heavy atom. The minimum atomic E-state index is 0.715. The molecule has 24 heavy (non-hydrogen) atoms. The molecule has 2 aromatic rings. The van der Waals surface area contributed by atoms with E-state index in [2.05, 4.69) is 9.98 Å². The van der Waals surface area contributed by atoms with Crippen molar-refractivity contribution in [3.8, 4) is 0 Å². The number of hydrogen-bond donors (Lipinski definition) is 0. The van der Waals surface area contributed by atoms with Crippen LogP contribution in [0.3, 0.4) is 0 Å². The van der Waals surface area contributed by atoms with Crippen LogP contribution in [0, 0.1) is 0 Å². The molecule has 0 spiro atoms. The van der Waals surface area contributed by atoms with Crippen LogP contribution < -0.4 is 0 Å². The first kappa shape index (κ1) is 18.7. The van der Waals surface area contributed by atoms with Crippen molar-refractivity contribution in [3.63, 3.8) is 0 Å². The van der Waals surface area contributed by atoms with Gasteiger partial charge in [-0.3, -0.25) is 9.98 Å². The molecule has 0 N–H and O–H groups in total. The van der Waals surface area contributed by atoms with Crippen LogP contribution in [0.5, 0.6) is 0 Å². The Kier molecular flexibility index (Phi) is 7.48. The van der Waals surface area contributed by atoms with Gasteiger partial charge in [0.25, 0.3) is 0 Å². The number of aliphatic imine (C=N–C) groups is 2. The average molecular weight is 361 g/mol. The van der Waals surface area contributed by atoms with E-state index in [-0.39, 0.29) is 0 Å². The van der Waals surface area contributed by atoms with Gasteiger partial charge in [0.1, 0.15) is 0 Å². The van der Waals surface area contributed by atoms with E-state index >= 15 is 0 Å². The molecule has 2 rings (SSSR count). The zero-order valence-electron chi connectivity index (χ0n) is 14.1. The predicted octanol–water partition coefficient (Wildman–Crippen LogP) is 5.70. The molecule has 4 heteroatoms. The maximum Gasteiger partial charge on any atom is 0.0524 e. The third-order valence-corrected chi connectivity index (χ3v) is 4.64. The van der Waals surface area contributed by atoms with E-state index in [1.54, 1.807) is 0 Å². The van der Waals surface area contributed by atoms with Crippen molar-refractivity contribution in [2.45, 2.75) is 26.7 Å². The number of nitrogens with zero attached hydrogens (tertiary/aromatic N) is 2. The highest BCUT2D eigenvalue weighted by atomic mass is 35.5. The lowest BCUT2D eigenvalue weighted by molar-refractivity contribution is 0.960. The minimum absolute atomic E-state index is 0.715. The topological polar surface area (TPSA) is 24.7 Å². The summed E-state index contributed by atoms with van der Waals surface area (Å²) in [5.41, 5.74) is 4.20. The first-order valence-electron chi connectivity index (χ1n) is 8.07. The standard InChI is InChI=1S/C20H22Cl2N2/c1-15(23-13-11-17-7-3-5-9-19(17)21)16(2)24-14-12-18-8-4-6-10-20(18)22/h3-10H,11-14H2,1-2H3. The fourth-order valence-electron chi connectivity index (χ4n) is 2.32. The van der Waals surface area contributed by atoms with Crippen molar-refractivity contribution < 1.29 is 0 Å². The molecule has 0 atom stereocenters. The first-order valence-corrected chi connectivity index (χ1v) is 8.83. The molecule has 0 aromatic heterocycles. The van der Waals surface area contributed by atoms with E-state index in [0.29, 0.717) is 13.1 Å². The lowest BCUT2D eigenvalue weighted by atomic mass is 10.1. The van der Waals surface area contributed by atoms with Crippen LogP contribution in [-0.4, -0.2) is 24.5 Å². The molecule has 0 saturated heterocycles. The van der Waals surface area contributed by atoms with Gasteiger partial charge in [-0.1, -0.05) is 59.6 Å². The molecule has 0 amide bonds. The number of benzene rings is 2. The van der Waals surface area contributed by atoms with Crippen molar-refractivity contribution in [1.29, 1.82) is 0 Å². The molecule has 0 unspecified atom stereocenters. The number of halogens is 2. The molecule has 0 radical (unpaired) electrons. The molecule has 0 heterocycles. The molecule has 0 aliphatic rings. The lowest BCUT2D eigenvalue weighted by Gasteiger charge is -2.04. The highest BCUT2D eigenvalue weighted by Gasteiger charge is 2.01. The second-order valence-corrected chi connectivity index (χ2v) is 6.43. The zero-order chi connectivity index (χ0) is 17.4. The Morgan fingerprint density at radius 1 is 0.708 bits per heavy atom. The Bertz CT molecular complexity index is 672. The normalized spacial score (nSPS) is 12.5. The Balaban J connectivity index is 1.85. The second-order valence-electron chi connectivity index (χ2n) is 5.62. The van der Waals surface area contributed by atoms with Crippen molar-refractivity contribution in [1.82, 2.24) is 0 Å². The molecule has 0 saturated carbocycles. The van der Waals surface area contributed by atoms with Gasteiger partial charge in [0.2, 0.25) is 0 Å². The maximum atomic E-state index is 6.16. The van der Waals surface area contributed by atoms with E-state index in [9.17, 15) is 0 Å². The molecular weight excluding hydrogens is 339 g/mol. The van der Waals surface area contributed by atoms with Crippen LogP contribution in [0.4, 0.5) is 0 Å². The fraction of sp³-hybridized carbons (Fsp3) is 0.300. The van der Waals surface area contributed by atoms with Crippen LogP contribution in [0.2, 0.25) is 10.0 Å². The number of rotatable bonds is 7. The van der Waals surface area contributed by atoms with Gasteiger partial charge in [0.05, 0.1) is 11.4 Å². The summed E-state index contributed by atoms with van der Waals surface area (Å²) >= 11 is 12.3. The zero-order valence-corrected chi connectivity index (χ0v) is 15.6. The molecule has 2 aromatic carbocycles. The molecule has 0 bridgehead atoms. The van der Waals surface area contributed by atoms with Crippen LogP contribution in [0.1, 0.15) is 25.0 Å². The summed E-state index contributed by atoms with van der Waals surface area (Å²) in [7, 11) is 0. The third-order valence-electron chi connectivity index (χ3n) is 3.90. The van der Waals surface area contributed by atoms with Gasteiger partial charge in [-0.25, -0.2) is 0 Å². The highest BCUT2D eigenvalue weighted by Crippen LogP contribution is 2.16. The van der Waals surface area contributed by atoms with Crippen molar-refractivity contribution in [2.75, 3.05) is 13.1 Å². The van der Waals surface area contributed by atoms with E-state index < -0.39 is 0 Å². The Morgan fingerprint density at radius 2 is 1.08 bits per heavy atom. The van der Waals surface area contributed by atoms with Gasteiger partial charge >= 0.3 is 0 Å². The second kappa shape index (κ2) is 9.61. The fourth-order valence-corrected chi connectivity index (χ4v) is 2.78.